The minimum absolute atomic E-state index is 0. The van der Waals surface area contributed by atoms with Crippen molar-refractivity contribution in [3.63, 3.8) is 0 Å². The average molecular weight is 413 g/mol. The van der Waals surface area contributed by atoms with E-state index in [0.29, 0.717) is 18.4 Å². The smallest absolute Gasteiger partial charge is 0.306 e. The number of hydrogen-bond donors (Lipinski definition) is 2. The Morgan fingerprint density at radius 2 is 1.76 bits per heavy atom. The van der Waals surface area contributed by atoms with Crippen LogP contribution in [0.1, 0.15) is 66.7 Å². The van der Waals surface area contributed by atoms with Crippen molar-refractivity contribution in [3.8, 4) is 0 Å². The third-order valence-electron chi connectivity index (χ3n) is 2.43. The first kappa shape index (κ1) is 22.7. The average Bonchev–Trinajstić information content (AvgIpc) is 2.24. The van der Waals surface area contributed by atoms with Crippen molar-refractivity contribution < 1.29 is 9.53 Å². The molecule has 0 spiro atoms. The van der Waals surface area contributed by atoms with E-state index in [1.54, 1.807) is 0 Å². The zero-order chi connectivity index (χ0) is 15.6. The number of hydrogen-bond acceptors (Lipinski definition) is 3. The van der Waals surface area contributed by atoms with Crippen LogP contribution in [-0.2, 0) is 9.53 Å². The predicted molar refractivity (Wildman–Crippen MR) is 99.1 cm³/mol. The number of nitrogens with zero attached hydrogens (tertiary/aromatic N) is 1. The minimum atomic E-state index is -0.382. The van der Waals surface area contributed by atoms with E-state index in [0.717, 1.165) is 32.2 Å². The zero-order valence-corrected chi connectivity index (χ0v) is 16.4. The molecule has 21 heavy (non-hydrogen) atoms. The van der Waals surface area contributed by atoms with Crippen LogP contribution < -0.4 is 11.1 Å². The maximum Gasteiger partial charge on any atom is 0.306 e. The molecule has 0 saturated carbocycles. The Labute approximate surface area is 146 Å². The minimum Gasteiger partial charge on any atom is -0.460 e. The quantitative estimate of drug-likeness (QED) is 0.211. The van der Waals surface area contributed by atoms with Gasteiger partial charge in [0.2, 0.25) is 0 Å². The fourth-order valence-corrected chi connectivity index (χ4v) is 1.67. The Morgan fingerprint density at radius 1 is 1.19 bits per heavy atom. The Balaban J connectivity index is 0. The topological polar surface area (TPSA) is 76.7 Å². The molecule has 0 saturated heterocycles. The van der Waals surface area contributed by atoms with Gasteiger partial charge in [-0.1, -0.05) is 12.8 Å². The highest BCUT2D eigenvalue weighted by Gasteiger charge is 2.15. The van der Waals surface area contributed by atoms with Crippen molar-refractivity contribution in [1.29, 1.82) is 0 Å². The van der Waals surface area contributed by atoms with Crippen LogP contribution in [0.3, 0.4) is 0 Å². The van der Waals surface area contributed by atoms with Gasteiger partial charge in [0.05, 0.1) is 0 Å². The molecule has 126 valence electrons. The molecule has 0 amide bonds. The van der Waals surface area contributed by atoms with Crippen molar-refractivity contribution >= 4 is 35.9 Å². The van der Waals surface area contributed by atoms with E-state index < -0.39 is 0 Å². The second-order valence-corrected chi connectivity index (χ2v) is 6.32. The summed E-state index contributed by atoms with van der Waals surface area (Å²) in [6, 6.07) is 0.313. The summed E-state index contributed by atoms with van der Waals surface area (Å²) >= 11 is 0. The number of aliphatic imine (C=N–C) groups is 1. The summed E-state index contributed by atoms with van der Waals surface area (Å²) in [7, 11) is 0. The number of guanidine groups is 1. The monoisotopic (exact) mass is 413 g/mol. The fourth-order valence-electron chi connectivity index (χ4n) is 1.67. The van der Waals surface area contributed by atoms with Gasteiger partial charge in [0.25, 0.3) is 0 Å². The van der Waals surface area contributed by atoms with Gasteiger partial charge in [-0.25, -0.2) is 0 Å². The Kier molecular flexibility index (Phi) is 13.1. The second-order valence-electron chi connectivity index (χ2n) is 6.32. The SMILES string of the molecule is CC(C)NC(N)=NCCCCCCC(=O)OC(C)(C)C.I. The van der Waals surface area contributed by atoms with Gasteiger partial charge in [-0.05, 0) is 47.5 Å². The van der Waals surface area contributed by atoms with Crippen LogP contribution in [0, 0.1) is 0 Å². The second kappa shape index (κ2) is 12.1. The standard InChI is InChI=1S/C15H31N3O2.HI/c1-12(2)18-14(16)17-11-9-7-6-8-10-13(19)20-15(3,4)5;/h12H,6-11H2,1-5H3,(H3,16,17,18);1H. The summed E-state index contributed by atoms with van der Waals surface area (Å²) in [5.74, 6) is 0.398. The molecule has 0 aromatic carbocycles. The van der Waals surface area contributed by atoms with Gasteiger partial charge in [-0.3, -0.25) is 9.79 Å². The molecule has 0 aliphatic heterocycles. The van der Waals surface area contributed by atoms with Crippen LogP contribution in [0.4, 0.5) is 0 Å². The van der Waals surface area contributed by atoms with Crippen LogP contribution in [-0.4, -0.2) is 30.1 Å². The van der Waals surface area contributed by atoms with Crippen molar-refractivity contribution in [2.75, 3.05) is 6.54 Å². The molecule has 0 aromatic rings. The molecular formula is C15H32IN3O2. The van der Waals surface area contributed by atoms with E-state index in [9.17, 15) is 4.79 Å². The summed E-state index contributed by atoms with van der Waals surface area (Å²) in [4.78, 5) is 15.7. The summed E-state index contributed by atoms with van der Waals surface area (Å²) in [6.45, 7) is 10.4. The van der Waals surface area contributed by atoms with E-state index in [1.807, 2.05) is 34.6 Å². The third kappa shape index (κ3) is 17.4. The van der Waals surface area contributed by atoms with E-state index in [4.69, 9.17) is 10.5 Å². The lowest BCUT2D eigenvalue weighted by Crippen LogP contribution is -2.36. The molecule has 0 heterocycles. The normalized spacial score (nSPS) is 12.0. The first-order chi connectivity index (χ1) is 9.20. The van der Waals surface area contributed by atoms with Gasteiger partial charge in [0, 0.05) is 19.0 Å². The molecule has 5 nitrogen and oxygen atoms in total. The molecule has 6 heteroatoms. The number of nitrogens with one attached hydrogen (secondary N) is 1. The Hall–Kier alpha value is -0.530. The first-order valence-corrected chi connectivity index (χ1v) is 7.49. The van der Waals surface area contributed by atoms with E-state index >= 15 is 0 Å². The fraction of sp³-hybridized carbons (Fsp3) is 0.867. The summed E-state index contributed by atoms with van der Waals surface area (Å²) < 4.78 is 5.25. The predicted octanol–water partition coefficient (Wildman–Crippen LogP) is 3.21. The lowest BCUT2D eigenvalue weighted by atomic mass is 10.1. The lowest BCUT2D eigenvalue weighted by Gasteiger charge is -2.19. The van der Waals surface area contributed by atoms with Crippen LogP contribution in [0.25, 0.3) is 0 Å². The van der Waals surface area contributed by atoms with Gasteiger partial charge in [-0.2, -0.15) is 0 Å². The maximum atomic E-state index is 11.5. The lowest BCUT2D eigenvalue weighted by molar-refractivity contribution is -0.154. The van der Waals surface area contributed by atoms with E-state index in [-0.39, 0.29) is 35.5 Å². The molecule has 0 aliphatic rings. The van der Waals surface area contributed by atoms with Crippen LogP contribution >= 0.6 is 24.0 Å². The summed E-state index contributed by atoms with van der Waals surface area (Å²) in [6.07, 6.45) is 4.44. The number of carbonyl (C=O) groups excluding carboxylic acids is 1. The van der Waals surface area contributed by atoms with Crippen LogP contribution in [0.2, 0.25) is 0 Å². The number of unbranched alkanes of at least 4 members (excludes halogenated alkanes) is 3. The highest BCUT2D eigenvalue weighted by molar-refractivity contribution is 14.0. The van der Waals surface area contributed by atoms with Crippen LogP contribution in [0.5, 0.6) is 0 Å². The Morgan fingerprint density at radius 3 is 2.29 bits per heavy atom. The molecule has 0 bridgehead atoms. The van der Waals surface area contributed by atoms with Crippen molar-refractivity contribution in [1.82, 2.24) is 5.32 Å². The van der Waals surface area contributed by atoms with Gasteiger partial charge >= 0.3 is 5.97 Å². The largest absolute Gasteiger partial charge is 0.460 e. The molecule has 0 radical (unpaired) electrons. The molecule has 0 atom stereocenters. The molecule has 0 aliphatic carbocycles. The highest BCUT2D eigenvalue weighted by atomic mass is 127. The Bertz CT molecular complexity index is 313. The number of nitrogens with two attached hydrogens (primary N) is 1. The summed E-state index contributed by atoms with van der Waals surface area (Å²) in [5.41, 5.74) is 5.31. The van der Waals surface area contributed by atoms with Gasteiger partial charge in [0.1, 0.15) is 5.60 Å². The van der Waals surface area contributed by atoms with Gasteiger partial charge < -0.3 is 15.8 Å². The van der Waals surface area contributed by atoms with Crippen molar-refractivity contribution in [2.45, 2.75) is 78.4 Å². The van der Waals surface area contributed by atoms with Gasteiger partial charge in [-0.15, -0.1) is 24.0 Å². The number of rotatable bonds is 8. The summed E-state index contributed by atoms with van der Waals surface area (Å²) in [5, 5.41) is 3.05. The highest BCUT2D eigenvalue weighted by Crippen LogP contribution is 2.11. The zero-order valence-electron chi connectivity index (χ0n) is 14.1. The van der Waals surface area contributed by atoms with Crippen molar-refractivity contribution in [2.24, 2.45) is 10.7 Å². The molecular weight excluding hydrogens is 381 g/mol. The number of carbonyl (C=O) groups is 1. The first-order valence-electron chi connectivity index (χ1n) is 7.49. The number of esters is 1. The van der Waals surface area contributed by atoms with Crippen LogP contribution in [0.15, 0.2) is 4.99 Å². The molecule has 0 fully saturated rings. The molecule has 0 rings (SSSR count). The molecule has 0 unspecified atom stereocenters. The number of ether oxygens (including phenoxy) is 1. The maximum absolute atomic E-state index is 11.5. The molecule has 3 N–H and O–H groups in total. The van der Waals surface area contributed by atoms with Gasteiger partial charge in [0.15, 0.2) is 5.96 Å². The van der Waals surface area contributed by atoms with E-state index in [1.165, 1.54) is 0 Å². The number of halogens is 1. The van der Waals surface area contributed by atoms with E-state index in [2.05, 4.69) is 10.3 Å². The third-order valence-corrected chi connectivity index (χ3v) is 2.43. The van der Waals surface area contributed by atoms with Crippen molar-refractivity contribution in [3.05, 3.63) is 0 Å². The molecule has 0 aromatic heterocycles.